The molecule has 0 spiro atoms. The van der Waals surface area contributed by atoms with E-state index in [9.17, 15) is 0 Å². The molecule has 2 rings (SSSR count). The van der Waals surface area contributed by atoms with E-state index in [4.69, 9.17) is 0 Å². The fourth-order valence-corrected chi connectivity index (χ4v) is 4.02. The van der Waals surface area contributed by atoms with Crippen LogP contribution in [0.25, 0.3) is 0 Å². The van der Waals surface area contributed by atoms with Gasteiger partial charge in [0.15, 0.2) is 0 Å². The molecular formula is C15H23BrN2S. The number of halogens is 1. The zero-order valence-corrected chi connectivity index (χ0v) is 14.4. The number of nitrogens with zero attached hydrogens (tertiary/aromatic N) is 1. The van der Waals surface area contributed by atoms with Crippen molar-refractivity contribution in [1.29, 1.82) is 0 Å². The highest BCUT2D eigenvalue weighted by atomic mass is 79.9. The molecule has 19 heavy (non-hydrogen) atoms. The molecule has 2 nitrogen and oxygen atoms in total. The van der Waals surface area contributed by atoms with Gasteiger partial charge in [-0.05, 0) is 37.2 Å². The SMILES string of the molecule is CCNCc1cc(Br)ccc1N1CCSC(C)C1C. The largest absolute Gasteiger partial charge is 0.367 e. The standard InChI is InChI=1S/C15H23BrN2S/c1-4-17-10-13-9-14(16)5-6-15(13)18-7-8-19-12(3)11(18)2/h5-6,9,11-12,17H,4,7-8,10H2,1-3H3. The first kappa shape index (κ1) is 15.2. The summed E-state index contributed by atoms with van der Waals surface area (Å²) < 4.78 is 1.16. The van der Waals surface area contributed by atoms with Gasteiger partial charge in [-0.3, -0.25) is 0 Å². The van der Waals surface area contributed by atoms with Gasteiger partial charge in [-0.1, -0.05) is 29.8 Å². The van der Waals surface area contributed by atoms with E-state index in [0.29, 0.717) is 11.3 Å². The normalized spacial score (nSPS) is 23.7. The third-order valence-electron chi connectivity index (χ3n) is 3.80. The predicted molar refractivity (Wildman–Crippen MR) is 90.3 cm³/mol. The third-order valence-corrected chi connectivity index (χ3v) is 5.63. The van der Waals surface area contributed by atoms with E-state index in [1.54, 1.807) is 0 Å². The van der Waals surface area contributed by atoms with Crippen LogP contribution in [0.2, 0.25) is 0 Å². The van der Waals surface area contributed by atoms with Crippen LogP contribution < -0.4 is 10.2 Å². The first-order valence-electron chi connectivity index (χ1n) is 7.01. The quantitative estimate of drug-likeness (QED) is 0.893. The molecule has 1 aromatic rings. The molecule has 2 unspecified atom stereocenters. The summed E-state index contributed by atoms with van der Waals surface area (Å²) in [6.07, 6.45) is 0. The molecule has 0 aliphatic carbocycles. The molecule has 1 aliphatic heterocycles. The molecule has 0 bridgehead atoms. The van der Waals surface area contributed by atoms with Crippen molar-refractivity contribution in [1.82, 2.24) is 5.32 Å². The first-order valence-corrected chi connectivity index (χ1v) is 8.85. The van der Waals surface area contributed by atoms with Crippen LogP contribution in [0.3, 0.4) is 0 Å². The van der Waals surface area contributed by atoms with Gasteiger partial charge in [0.25, 0.3) is 0 Å². The average molecular weight is 343 g/mol. The monoisotopic (exact) mass is 342 g/mol. The van der Waals surface area contributed by atoms with Crippen molar-refractivity contribution in [2.24, 2.45) is 0 Å². The van der Waals surface area contributed by atoms with E-state index in [0.717, 1.165) is 24.1 Å². The van der Waals surface area contributed by atoms with Crippen LogP contribution in [0, 0.1) is 0 Å². The van der Waals surface area contributed by atoms with Gasteiger partial charge in [-0.2, -0.15) is 11.8 Å². The molecule has 4 heteroatoms. The molecule has 0 amide bonds. The second-order valence-electron chi connectivity index (χ2n) is 5.06. The minimum absolute atomic E-state index is 0.598. The number of nitrogens with one attached hydrogen (secondary N) is 1. The van der Waals surface area contributed by atoms with Crippen LogP contribution in [0.5, 0.6) is 0 Å². The molecule has 1 fully saturated rings. The van der Waals surface area contributed by atoms with Crippen LogP contribution in [0.4, 0.5) is 5.69 Å². The van der Waals surface area contributed by atoms with Gasteiger partial charge in [-0.25, -0.2) is 0 Å². The van der Waals surface area contributed by atoms with Gasteiger partial charge < -0.3 is 10.2 Å². The number of benzene rings is 1. The van der Waals surface area contributed by atoms with E-state index in [-0.39, 0.29) is 0 Å². The molecule has 106 valence electrons. The van der Waals surface area contributed by atoms with Crippen LogP contribution in [0.1, 0.15) is 26.3 Å². The van der Waals surface area contributed by atoms with Gasteiger partial charge in [0.2, 0.25) is 0 Å². The van der Waals surface area contributed by atoms with Crippen molar-refractivity contribution < 1.29 is 0 Å². The summed E-state index contributed by atoms with van der Waals surface area (Å²) in [6.45, 7) is 9.93. The fraction of sp³-hybridized carbons (Fsp3) is 0.600. The summed E-state index contributed by atoms with van der Waals surface area (Å²) in [5, 5.41) is 4.14. The Morgan fingerprint density at radius 3 is 2.95 bits per heavy atom. The van der Waals surface area contributed by atoms with Crippen molar-refractivity contribution in [2.75, 3.05) is 23.7 Å². The smallest absolute Gasteiger partial charge is 0.0415 e. The maximum absolute atomic E-state index is 3.59. The number of hydrogen-bond acceptors (Lipinski definition) is 3. The second-order valence-corrected chi connectivity index (χ2v) is 7.46. The van der Waals surface area contributed by atoms with Gasteiger partial charge in [-0.15, -0.1) is 0 Å². The number of anilines is 1. The minimum atomic E-state index is 0.598. The van der Waals surface area contributed by atoms with E-state index in [1.165, 1.54) is 17.0 Å². The molecule has 0 aromatic heterocycles. The fourth-order valence-electron chi connectivity index (χ4n) is 2.51. The van der Waals surface area contributed by atoms with E-state index < -0.39 is 0 Å². The Kier molecular flexibility index (Phi) is 5.60. The summed E-state index contributed by atoms with van der Waals surface area (Å²) >= 11 is 5.67. The molecule has 1 saturated heterocycles. The highest BCUT2D eigenvalue weighted by molar-refractivity contribution is 9.10. The molecule has 0 radical (unpaired) electrons. The Morgan fingerprint density at radius 2 is 2.21 bits per heavy atom. The van der Waals surface area contributed by atoms with Crippen molar-refractivity contribution in [3.8, 4) is 0 Å². The number of hydrogen-bond donors (Lipinski definition) is 1. The lowest BCUT2D eigenvalue weighted by Crippen LogP contribution is -2.45. The summed E-state index contributed by atoms with van der Waals surface area (Å²) in [7, 11) is 0. The minimum Gasteiger partial charge on any atom is -0.367 e. The predicted octanol–water partition coefficient (Wildman–Crippen LogP) is 3.89. The van der Waals surface area contributed by atoms with Crippen molar-refractivity contribution in [3.05, 3.63) is 28.2 Å². The Hall–Kier alpha value is -0.190. The van der Waals surface area contributed by atoms with E-state index in [1.807, 2.05) is 0 Å². The molecule has 0 saturated carbocycles. The van der Waals surface area contributed by atoms with Crippen LogP contribution in [-0.2, 0) is 6.54 Å². The third kappa shape index (κ3) is 3.67. The van der Waals surface area contributed by atoms with Crippen LogP contribution in [-0.4, -0.2) is 30.1 Å². The number of rotatable bonds is 4. The summed E-state index contributed by atoms with van der Waals surface area (Å²) in [5.74, 6) is 1.22. The highest BCUT2D eigenvalue weighted by Crippen LogP contribution is 2.32. The van der Waals surface area contributed by atoms with Crippen LogP contribution in [0.15, 0.2) is 22.7 Å². The Balaban J connectivity index is 2.26. The highest BCUT2D eigenvalue weighted by Gasteiger charge is 2.26. The Labute approximate surface area is 129 Å². The van der Waals surface area contributed by atoms with Crippen LogP contribution >= 0.6 is 27.7 Å². The van der Waals surface area contributed by atoms with Gasteiger partial charge in [0.05, 0.1) is 0 Å². The van der Waals surface area contributed by atoms with E-state index >= 15 is 0 Å². The molecule has 1 aliphatic rings. The molecule has 1 aromatic carbocycles. The second kappa shape index (κ2) is 7.00. The lowest BCUT2D eigenvalue weighted by atomic mass is 10.1. The van der Waals surface area contributed by atoms with Gasteiger partial charge >= 0.3 is 0 Å². The summed E-state index contributed by atoms with van der Waals surface area (Å²) in [5.41, 5.74) is 2.78. The summed E-state index contributed by atoms with van der Waals surface area (Å²) in [6, 6.07) is 7.26. The molecule has 1 heterocycles. The Morgan fingerprint density at radius 1 is 1.42 bits per heavy atom. The lowest BCUT2D eigenvalue weighted by molar-refractivity contribution is 0.621. The molecular weight excluding hydrogens is 320 g/mol. The average Bonchev–Trinajstić information content (AvgIpc) is 2.40. The van der Waals surface area contributed by atoms with Crippen molar-refractivity contribution >= 4 is 33.4 Å². The van der Waals surface area contributed by atoms with Crippen molar-refractivity contribution in [3.63, 3.8) is 0 Å². The van der Waals surface area contributed by atoms with Gasteiger partial charge in [0, 0.05) is 40.3 Å². The van der Waals surface area contributed by atoms with E-state index in [2.05, 4.69) is 76.9 Å². The van der Waals surface area contributed by atoms with Crippen molar-refractivity contribution in [2.45, 2.75) is 38.6 Å². The molecule has 2 atom stereocenters. The first-order chi connectivity index (χ1) is 9.13. The summed E-state index contributed by atoms with van der Waals surface area (Å²) in [4.78, 5) is 2.57. The zero-order chi connectivity index (χ0) is 13.8. The zero-order valence-electron chi connectivity index (χ0n) is 11.9. The lowest BCUT2D eigenvalue weighted by Gasteiger charge is -2.40. The Bertz CT molecular complexity index is 425. The molecule has 1 N–H and O–H groups in total. The number of thioether (sulfide) groups is 1. The van der Waals surface area contributed by atoms with Gasteiger partial charge in [0.1, 0.15) is 0 Å². The topological polar surface area (TPSA) is 15.3 Å². The maximum Gasteiger partial charge on any atom is 0.0415 e. The maximum atomic E-state index is 3.59.